The van der Waals surface area contributed by atoms with Gasteiger partial charge in [-0.15, -0.1) is 0 Å². The highest BCUT2D eigenvalue weighted by Gasteiger charge is 2.15. The van der Waals surface area contributed by atoms with E-state index in [-0.39, 0.29) is 17.1 Å². The summed E-state index contributed by atoms with van der Waals surface area (Å²) in [4.78, 5) is 14.9. The zero-order valence-corrected chi connectivity index (χ0v) is 15.8. The topological polar surface area (TPSA) is 59.0 Å². The van der Waals surface area contributed by atoms with Gasteiger partial charge >= 0.3 is 0 Å². The van der Waals surface area contributed by atoms with Gasteiger partial charge in [-0.3, -0.25) is 9.69 Å². The number of nitrogens with zero attached hydrogens (tertiary/aromatic N) is 1. The standard InChI is InChI=1S/C22H25NO4/c1-26-21-13-18(20(25)14-22(21)27-2)19(24)10-9-16-5-7-17(8-6-16)15-23-11-3-4-12-23/h5-10,13-14,25H,3-4,11-12,15H2,1-2H3/b10-9+. The molecule has 1 heterocycles. The first kappa shape index (κ1) is 19.0. The molecule has 0 spiro atoms. The fourth-order valence-electron chi connectivity index (χ4n) is 3.26. The Labute approximate surface area is 159 Å². The van der Waals surface area contributed by atoms with Crippen molar-refractivity contribution in [2.45, 2.75) is 19.4 Å². The van der Waals surface area contributed by atoms with Crippen molar-refractivity contribution in [1.29, 1.82) is 0 Å². The number of aromatic hydroxyl groups is 1. The number of allylic oxidation sites excluding steroid dienone is 1. The summed E-state index contributed by atoms with van der Waals surface area (Å²) < 4.78 is 10.3. The normalized spacial score (nSPS) is 14.6. The van der Waals surface area contributed by atoms with Crippen molar-refractivity contribution in [3.63, 3.8) is 0 Å². The van der Waals surface area contributed by atoms with Gasteiger partial charge in [-0.05, 0) is 49.2 Å². The molecule has 142 valence electrons. The third kappa shape index (κ3) is 4.68. The largest absolute Gasteiger partial charge is 0.507 e. The van der Waals surface area contributed by atoms with Crippen molar-refractivity contribution in [3.8, 4) is 17.2 Å². The molecule has 1 aliphatic rings. The van der Waals surface area contributed by atoms with Crippen LogP contribution in [0.4, 0.5) is 0 Å². The Kier molecular flexibility index (Phi) is 6.14. The summed E-state index contributed by atoms with van der Waals surface area (Å²) in [5, 5.41) is 10.1. The minimum Gasteiger partial charge on any atom is -0.507 e. The van der Waals surface area contributed by atoms with E-state index in [2.05, 4.69) is 17.0 Å². The van der Waals surface area contributed by atoms with E-state index in [0.717, 1.165) is 12.1 Å². The molecule has 1 N–H and O–H groups in total. The average Bonchev–Trinajstić information content (AvgIpc) is 3.20. The second-order valence-corrected chi connectivity index (χ2v) is 6.65. The fraction of sp³-hybridized carbons (Fsp3) is 0.318. The van der Waals surface area contributed by atoms with Crippen molar-refractivity contribution in [3.05, 3.63) is 59.2 Å². The molecule has 0 saturated carbocycles. The Morgan fingerprint density at radius 1 is 1.07 bits per heavy atom. The maximum atomic E-state index is 12.5. The van der Waals surface area contributed by atoms with Crippen LogP contribution < -0.4 is 9.47 Å². The van der Waals surface area contributed by atoms with E-state index in [1.807, 2.05) is 12.1 Å². The Balaban J connectivity index is 1.69. The van der Waals surface area contributed by atoms with Crippen LogP contribution in [0.1, 0.15) is 34.3 Å². The van der Waals surface area contributed by atoms with Crippen LogP contribution >= 0.6 is 0 Å². The molecule has 3 rings (SSSR count). The number of likely N-dealkylation sites (tertiary alicyclic amines) is 1. The number of hydrogen-bond acceptors (Lipinski definition) is 5. The van der Waals surface area contributed by atoms with Crippen molar-refractivity contribution < 1.29 is 19.4 Å². The fourth-order valence-corrected chi connectivity index (χ4v) is 3.26. The molecule has 1 aliphatic heterocycles. The van der Waals surface area contributed by atoms with Crippen LogP contribution in [0.5, 0.6) is 17.2 Å². The van der Waals surface area contributed by atoms with Gasteiger partial charge in [0, 0.05) is 12.6 Å². The van der Waals surface area contributed by atoms with Crippen LogP contribution in [0.2, 0.25) is 0 Å². The highest BCUT2D eigenvalue weighted by molar-refractivity contribution is 6.09. The molecule has 0 radical (unpaired) electrons. The molecule has 2 aromatic rings. The summed E-state index contributed by atoms with van der Waals surface area (Å²) in [5.74, 6) is 0.347. The van der Waals surface area contributed by atoms with Crippen LogP contribution in [0.15, 0.2) is 42.5 Å². The number of methoxy groups -OCH3 is 2. The molecule has 0 atom stereocenters. The number of phenols is 1. The van der Waals surface area contributed by atoms with Gasteiger partial charge in [-0.2, -0.15) is 0 Å². The minimum atomic E-state index is -0.297. The van der Waals surface area contributed by atoms with Gasteiger partial charge in [0.15, 0.2) is 17.3 Å². The minimum absolute atomic E-state index is 0.136. The lowest BCUT2D eigenvalue weighted by Gasteiger charge is -2.14. The van der Waals surface area contributed by atoms with E-state index in [0.29, 0.717) is 11.5 Å². The Bertz CT molecular complexity index is 821. The highest BCUT2D eigenvalue weighted by Crippen LogP contribution is 2.34. The average molecular weight is 367 g/mol. The van der Waals surface area contributed by atoms with Gasteiger partial charge in [0.1, 0.15) is 5.75 Å². The second kappa shape index (κ2) is 8.73. The Morgan fingerprint density at radius 3 is 2.33 bits per heavy atom. The number of hydrogen-bond donors (Lipinski definition) is 1. The predicted molar refractivity (Wildman–Crippen MR) is 106 cm³/mol. The first-order valence-corrected chi connectivity index (χ1v) is 9.09. The third-order valence-corrected chi connectivity index (χ3v) is 4.78. The SMILES string of the molecule is COc1cc(O)c(C(=O)/C=C/c2ccc(CN3CCCC3)cc2)cc1OC. The van der Waals surface area contributed by atoms with Gasteiger partial charge < -0.3 is 14.6 Å². The molecule has 0 aromatic heterocycles. The molecular weight excluding hydrogens is 342 g/mol. The number of ether oxygens (including phenoxy) is 2. The van der Waals surface area contributed by atoms with Crippen LogP contribution in [-0.2, 0) is 6.54 Å². The quantitative estimate of drug-likeness (QED) is 0.594. The van der Waals surface area contributed by atoms with E-state index in [9.17, 15) is 9.90 Å². The Hall–Kier alpha value is -2.79. The zero-order chi connectivity index (χ0) is 19.2. The number of benzene rings is 2. The van der Waals surface area contributed by atoms with Gasteiger partial charge in [0.25, 0.3) is 0 Å². The number of carbonyl (C=O) groups is 1. The van der Waals surface area contributed by atoms with E-state index in [1.54, 1.807) is 6.08 Å². The molecule has 1 saturated heterocycles. The van der Waals surface area contributed by atoms with E-state index in [1.165, 1.54) is 63.9 Å². The molecule has 5 heteroatoms. The van der Waals surface area contributed by atoms with Gasteiger partial charge in [0.2, 0.25) is 0 Å². The summed E-state index contributed by atoms with van der Waals surface area (Å²) in [6, 6.07) is 11.1. The molecule has 0 aliphatic carbocycles. The highest BCUT2D eigenvalue weighted by atomic mass is 16.5. The predicted octanol–water partition coefficient (Wildman–Crippen LogP) is 3.90. The summed E-state index contributed by atoms with van der Waals surface area (Å²) in [7, 11) is 2.97. The molecule has 2 aromatic carbocycles. The van der Waals surface area contributed by atoms with Crippen molar-refractivity contribution in [2.75, 3.05) is 27.3 Å². The summed E-state index contributed by atoms with van der Waals surface area (Å²) >= 11 is 0. The molecule has 0 amide bonds. The van der Waals surface area contributed by atoms with E-state index < -0.39 is 0 Å². The first-order chi connectivity index (χ1) is 13.1. The van der Waals surface area contributed by atoms with Gasteiger partial charge in [0.05, 0.1) is 19.8 Å². The Morgan fingerprint density at radius 2 is 1.70 bits per heavy atom. The summed E-state index contributed by atoms with van der Waals surface area (Å²) in [6.45, 7) is 3.32. The van der Waals surface area contributed by atoms with Gasteiger partial charge in [-0.1, -0.05) is 30.3 Å². The van der Waals surface area contributed by atoms with Gasteiger partial charge in [-0.25, -0.2) is 0 Å². The maximum absolute atomic E-state index is 12.5. The number of ketones is 1. The van der Waals surface area contributed by atoms with Crippen molar-refractivity contribution >= 4 is 11.9 Å². The smallest absolute Gasteiger partial charge is 0.189 e. The molecular formula is C22H25NO4. The maximum Gasteiger partial charge on any atom is 0.189 e. The van der Waals surface area contributed by atoms with Crippen molar-refractivity contribution in [1.82, 2.24) is 4.90 Å². The summed E-state index contributed by atoms with van der Waals surface area (Å²) in [6.07, 6.45) is 5.77. The molecule has 0 bridgehead atoms. The molecule has 27 heavy (non-hydrogen) atoms. The molecule has 1 fully saturated rings. The molecule has 5 nitrogen and oxygen atoms in total. The van der Waals surface area contributed by atoms with E-state index in [4.69, 9.17) is 9.47 Å². The van der Waals surface area contributed by atoms with Crippen LogP contribution in [0, 0.1) is 0 Å². The lowest BCUT2D eigenvalue weighted by atomic mass is 10.1. The van der Waals surface area contributed by atoms with Crippen LogP contribution in [0.3, 0.4) is 0 Å². The lowest BCUT2D eigenvalue weighted by molar-refractivity contribution is 0.104. The molecule has 0 unspecified atom stereocenters. The number of rotatable bonds is 7. The van der Waals surface area contributed by atoms with Crippen LogP contribution in [-0.4, -0.2) is 43.1 Å². The lowest BCUT2D eigenvalue weighted by Crippen LogP contribution is -2.18. The van der Waals surface area contributed by atoms with Crippen LogP contribution in [0.25, 0.3) is 6.08 Å². The monoisotopic (exact) mass is 367 g/mol. The number of carbonyl (C=O) groups excluding carboxylic acids is 1. The number of phenolic OH excluding ortho intramolecular Hbond substituents is 1. The van der Waals surface area contributed by atoms with E-state index >= 15 is 0 Å². The first-order valence-electron chi connectivity index (χ1n) is 9.09. The third-order valence-electron chi connectivity index (χ3n) is 4.78. The van der Waals surface area contributed by atoms with Crippen molar-refractivity contribution in [2.24, 2.45) is 0 Å². The summed E-state index contributed by atoms with van der Waals surface area (Å²) in [5.41, 5.74) is 2.39. The second-order valence-electron chi connectivity index (χ2n) is 6.65. The zero-order valence-electron chi connectivity index (χ0n) is 15.8.